The molecule has 0 radical (unpaired) electrons. The van der Waals surface area contributed by atoms with Crippen molar-refractivity contribution >= 4 is 11.6 Å². The predicted molar refractivity (Wildman–Crippen MR) is 77.3 cm³/mol. The SMILES string of the molecule is CC(C)n1cc(NC(=O)CC(O)c2ccccc2)cn1. The van der Waals surface area contributed by atoms with E-state index >= 15 is 0 Å². The van der Waals surface area contributed by atoms with Crippen LogP contribution in [0.15, 0.2) is 42.7 Å². The Labute approximate surface area is 118 Å². The highest BCUT2D eigenvalue weighted by Gasteiger charge is 2.13. The number of amides is 1. The van der Waals surface area contributed by atoms with E-state index in [0.717, 1.165) is 5.56 Å². The van der Waals surface area contributed by atoms with Gasteiger partial charge in [0.15, 0.2) is 0 Å². The van der Waals surface area contributed by atoms with Gasteiger partial charge in [0.05, 0.1) is 24.4 Å². The van der Waals surface area contributed by atoms with E-state index in [1.807, 2.05) is 32.0 Å². The molecule has 1 aromatic carbocycles. The molecule has 0 aliphatic rings. The monoisotopic (exact) mass is 273 g/mol. The van der Waals surface area contributed by atoms with Gasteiger partial charge in [-0.25, -0.2) is 0 Å². The van der Waals surface area contributed by atoms with Gasteiger partial charge in [-0.3, -0.25) is 9.48 Å². The van der Waals surface area contributed by atoms with Gasteiger partial charge in [0, 0.05) is 12.2 Å². The first-order valence-electron chi connectivity index (χ1n) is 6.63. The van der Waals surface area contributed by atoms with Crippen molar-refractivity contribution in [1.29, 1.82) is 0 Å². The molecule has 2 aromatic rings. The molecule has 0 bridgehead atoms. The Morgan fingerprint density at radius 1 is 1.35 bits per heavy atom. The number of rotatable bonds is 5. The summed E-state index contributed by atoms with van der Waals surface area (Å²) in [5.41, 5.74) is 1.38. The molecule has 2 rings (SSSR count). The molecule has 0 aliphatic heterocycles. The molecule has 1 aromatic heterocycles. The molecule has 20 heavy (non-hydrogen) atoms. The zero-order valence-electron chi connectivity index (χ0n) is 11.7. The first kappa shape index (κ1) is 14.3. The average Bonchev–Trinajstić information content (AvgIpc) is 2.88. The van der Waals surface area contributed by atoms with E-state index in [-0.39, 0.29) is 18.4 Å². The number of aliphatic hydroxyl groups excluding tert-OH is 1. The summed E-state index contributed by atoms with van der Waals surface area (Å²) in [6.45, 7) is 4.02. The van der Waals surface area contributed by atoms with Gasteiger partial charge in [-0.15, -0.1) is 0 Å². The van der Waals surface area contributed by atoms with Gasteiger partial charge in [-0.2, -0.15) is 5.10 Å². The van der Waals surface area contributed by atoms with Gasteiger partial charge in [-0.1, -0.05) is 30.3 Å². The van der Waals surface area contributed by atoms with Crippen LogP contribution >= 0.6 is 0 Å². The summed E-state index contributed by atoms with van der Waals surface area (Å²) in [5, 5.41) is 16.9. The average molecular weight is 273 g/mol. The van der Waals surface area contributed by atoms with E-state index in [4.69, 9.17) is 0 Å². The number of hydrogen-bond acceptors (Lipinski definition) is 3. The fourth-order valence-electron chi connectivity index (χ4n) is 1.87. The number of hydrogen-bond donors (Lipinski definition) is 2. The van der Waals surface area contributed by atoms with Crippen LogP contribution in [0.5, 0.6) is 0 Å². The number of nitrogens with zero attached hydrogens (tertiary/aromatic N) is 2. The van der Waals surface area contributed by atoms with Gasteiger partial charge < -0.3 is 10.4 Å². The van der Waals surface area contributed by atoms with Crippen LogP contribution in [-0.4, -0.2) is 20.8 Å². The number of anilines is 1. The summed E-state index contributed by atoms with van der Waals surface area (Å²) in [5.74, 6) is -0.232. The minimum Gasteiger partial charge on any atom is -0.388 e. The van der Waals surface area contributed by atoms with Crippen LogP contribution in [0.25, 0.3) is 0 Å². The number of carbonyl (C=O) groups is 1. The van der Waals surface area contributed by atoms with E-state index in [2.05, 4.69) is 10.4 Å². The quantitative estimate of drug-likeness (QED) is 0.879. The summed E-state index contributed by atoms with van der Waals surface area (Å²) in [4.78, 5) is 11.9. The second-order valence-electron chi connectivity index (χ2n) is 4.98. The van der Waals surface area contributed by atoms with Crippen LogP contribution in [0.4, 0.5) is 5.69 Å². The number of benzene rings is 1. The molecule has 1 atom stereocenters. The maximum absolute atomic E-state index is 11.9. The molecule has 2 N–H and O–H groups in total. The summed E-state index contributed by atoms with van der Waals surface area (Å²) in [6, 6.07) is 9.39. The van der Waals surface area contributed by atoms with E-state index in [9.17, 15) is 9.90 Å². The van der Waals surface area contributed by atoms with Gasteiger partial charge >= 0.3 is 0 Å². The maximum Gasteiger partial charge on any atom is 0.227 e. The Bertz CT molecular complexity index is 564. The second-order valence-corrected chi connectivity index (χ2v) is 4.98. The molecule has 1 heterocycles. The summed E-state index contributed by atoms with van der Waals surface area (Å²) < 4.78 is 1.77. The van der Waals surface area contributed by atoms with Gasteiger partial charge in [-0.05, 0) is 19.4 Å². The standard InChI is InChI=1S/C15H19N3O2/c1-11(2)18-10-13(9-16-18)17-15(20)8-14(19)12-6-4-3-5-7-12/h3-7,9-11,14,19H,8H2,1-2H3,(H,17,20). The van der Waals surface area contributed by atoms with Crippen LogP contribution in [0.3, 0.4) is 0 Å². The molecule has 0 saturated heterocycles. The largest absolute Gasteiger partial charge is 0.388 e. The molecule has 0 fully saturated rings. The Morgan fingerprint density at radius 3 is 2.65 bits per heavy atom. The Hall–Kier alpha value is -2.14. The number of aliphatic hydroxyl groups is 1. The first-order chi connectivity index (χ1) is 9.56. The topological polar surface area (TPSA) is 67.2 Å². The van der Waals surface area contributed by atoms with Gasteiger partial charge in [0.2, 0.25) is 5.91 Å². The molecule has 1 unspecified atom stereocenters. The molecule has 0 spiro atoms. The molecule has 5 nitrogen and oxygen atoms in total. The van der Waals surface area contributed by atoms with E-state index in [1.165, 1.54) is 0 Å². The molecule has 5 heteroatoms. The lowest BCUT2D eigenvalue weighted by Gasteiger charge is -2.10. The van der Waals surface area contributed by atoms with Crippen molar-refractivity contribution in [3.63, 3.8) is 0 Å². The first-order valence-corrected chi connectivity index (χ1v) is 6.63. The van der Waals surface area contributed by atoms with Gasteiger partial charge in [0.25, 0.3) is 0 Å². The van der Waals surface area contributed by atoms with Gasteiger partial charge in [0.1, 0.15) is 0 Å². The Kier molecular flexibility index (Phi) is 4.53. The normalized spacial score (nSPS) is 12.4. The minimum absolute atomic E-state index is 0.0247. The van der Waals surface area contributed by atoms with Crippen molar-refractivity contribution in [3.05, 3.63) is 48.3 Å². The van der Waals surface area contributed by atoms with Crippen molar-refractivity contribution in [2.45, 2.75) is 32.4 Å². The van der Waals surface area contributed by atoms with Crippen LogP contribution < -0.4 is 5.32 Å². The maximum atomic E-state index is 11.9. The van der Waals surface area contributed by atoms with E-state index in [1.54, 1.807) is 29.2 Å². The highest BCUT2D eigenvalue weighted by Crippen LogP contribution is 2.17. The third-order valence-corrected chi connectivity index (χ3v) is 2.98. The molecule has 1 amide bonds. The smallest absolute Gasteiger partial charge is 0.227 e. The zero-order chi connectivity index (χ0) is 14.5. The van der Waals surface area contributed by atoms with E-state index in [0.29, 0.717) is 5.69 Å². The predicted octanol–water partition coefficient (Wildman–Crippen LogP) is 2.53. The van der Waals surface area contributed by atoms with E-state index < -0.39 is 6.10 Å². The van der Waals surface area contributed by atoms with Crippen molar-refractivity contribution in [2.75, 3.05) is 5.32 Å². The fraction of sp³-hybridized carbons (Fsp3) is 0.333. The summed E-state index contributed by atoms with van der Waals surface area (Å²) in [6.07, 6.45) is 2.61. The van der Waals surface area contributed by atoms with Crippen LogP contribution in [-0.2, 0) is 4.79 Å². The van der Waals surface area contributed by atoms with Crippen LogP contribution in [0.1, 0.15) is 38.0 Å². The lowest BCUT2D eigenvalue weighted by Crippen LogP contribution is -2.15. The Balaban J connectivity index is 1.92. The zero-order valence-corrected chi connectivity index (χ0v) is 11.7. The van der Waals surface area contributed by atoms with Crippen molar-refractivity contribution in [2.24, 2.45) is 0 Å². The molecule has 106 valence electrons. The highest BCUT2D eigenvalue weighted by atomic mass is 16.3. The van der Waals surface area contributed by atoms with Crippen molar-refractivity contribution in [1.82, 2.24) is 9.78 Å². The molecular formula is C15H19N3O2. The summed E-state index contributed by atoms with van der Waals surface area (Å²) in [7, 11) is 0. The van der Waals surface area contributed by atoms with Crippen molar-refractivity contribution in [3.8, 4) is 0 Å². The third kappa shape index (κ3) is 3.68. The van der Waals surface area contributed by atoms with Crippen LogP contribution in [0.2, 0.25) is 0 Å². The second kappa shape index (κ2) is 6.34. The highest BCUT2D eigenvalue weighted by molar-refractivity contribution is 5.90. The lowest BCUT2D eigenvalue weighted by molar-refractivity contribution is -0.118. The number of carbonyl (C=O) groups excluding carboxylic acids is 1. The molecular weight excluding hydrogens is 254 g/mol. The molecule has 0 saturated carbocycles. The number of aromatic nitrogens is 2. The number of nitrogens with one attached hydrogen (secondary N) is 1. The Morgan fingerprint density at radius 2 is 2.05 bits per heavy atom. The van der Waals surface area contributed by atoms with Crippen molar-refractivity contribution < 1.29 is 9.90 Å². The third-order valence-electron chi connectivity index (χ3n) is 2.98. The summed E-state index contributed by atoms with van der Waals surface area (Å²) >= 11 is 0. The minimum atomic E-state index is -0.795. The van der Waals surface area contributed by atoms with Crippen LogP contribution in [0, 0.1) is 0 Å². The molecule has 0 aliphatic carbocycles. The lowest BCUT2D eigenvalue weighted by atomic mass is 10.1. The fourth-order valence-corrected chi connectivity index (χ4v) is 1.87.